The van der Waals surface area contributed by atoms with E-state index in [9.17, 15) is 0 Å². The summed E-state index contributed by atoms with van der Waals surface area (Å²) in [5.74, 6) is 0.913. The number of ether oxygens (including phenoxy) is 1. The molecule has 3 heteroatoms. The third kappa shape index (κ3) is 4.67. The lowest BCUT2D eigenvalue weighted by Crippen LogP contribution is -2.33. The second-order valence-corrected chi connectivity index (χ2v) is 4.65. The van der Waals surface area contributed by atoms with E-state index in [2.05, 4.69) is 43.2 Å². The number of nitrogens with zero attached hydrogens (tertiary/aromatic N) is 1. The van der Waals surface area contributed by atoms with Gasteiger partial charge >= 0.3 is 0 Å². The number of hydrogen-bond donors (Lipinski definition) is 1. The van der Waals surface area contributed by atoms with Crippen molar-refractivity contribution in [3.63, 3.8) is 0 Å². The summed E-state index contributed by atoms with van der Waals surface area (Å²) in [5, 5.41) is 3.54. The second-order valence-electron chi connectivity index (χ2n) is 4.65. The van der Waals surface area contributed by atoms with Gasteiger partial charge in [-0.15, -0.1) is 0 Å². The summed E-state index contributed by atoms with van der Waals surface area (Å²) in [7, 11) is 3.88. The third-order valence-electron chi connectivity index (χ3n) is 3.07. The van der Waals surface area contributed by atoms with Crippen LogP contribution in [0.1, 0.15) is 31.9 Å². The maximum absolute atomic E-state index is 5.20. The number of rotatable bonds is 8. The van der Waals surface area contributed by atoms with E-state index < -0.39 is 0 Å². The molecule has 0 heterocycles. The summed E-state index contributed by atoms with van der Waals surface area (Å²) in [6, 6.07) is 8.73. The van der Waals surface area contributed by atoms with Crippen molar-refractivity contribution in [2.45, 2.75) is 26.3 Å². The average molecular weight is 250 g/mol. The molecule has 1 aromatic carbocycles. The van der Waals surface area contributed by atoms with Gasteiger partial charge in [-0.1, -0.05) is 26.0 Å². The fraction of sp³-hybridized carbons (Fsp3) is 0.600. The zero-order chi connectivity index (χ0) is 13.4. The first-order chi connectivity index (χ1) is 8.71. The number of methoxy groups -OCH3 is 1. The summed E-state index contributed by atoms with van der Waals surface area (Å²) in [6.07, 6.45) is 1.19. The molecule has 1 atom stereocenters. The standard InChI is InChI=1S/C15H26N2O/c1-5-11-17(3)12-15(16-6-2)13-7-9-14(18-4)10-8-13/h7-10,15-16H,5-6,11-12H2,1-4H3. The topological polar surface area (TPSA) is 24.5 Å². The van der Waals surface area contributed by atoms with Gasteiger partial charge in [0.25, 0.3) is 0 Å². The van der Waals surface area contributed by atoms with Gasteiger partial charge in [0, 0.05) is 12.6 Å². The zero-order valence-electron chi connectivity index (χ0n) is 12.1. The lowest BCUT2D eigenvalue weighted by atomic mass is 10.1. The summed E-state index contributed by atoms with van der Waals surface area (Å²) in [5.41, 5.74) is 1.32. The third-order valence-corrected chi connectivity index (χ3v) is 3.07. The van der Waals surface area contributed by atoms with Crippen molar-refractivity contribution in [1.29, 1.82) is 0 Å². The Labute approximate surface area is 111 Å². The largest absolute Gasteiger partial charge is 0.497 e. The first kappa shape index (κ1) is 15.0. The summed E-state index contributed by atoms with van der Waals surface area (Å²) >= 11 is 0. The van der Waals surface area contributed by atoms with Gasteiger partial charge in [0.05, 0.1) is 7.11 Å². The number of nitrogens with one attached hydrogen (secondary N) is 1. The second kappa shape index (κ2) is 8.11. The Morgan fingerprint density at radius 3 is 2.39 bits per heavy atom. The molecule has 1 rings (SSSR count). The van der Waals surface area contributed by atoms with E-state index in [1.54, 1.807) is 7.11 Å². The van der Waals surface area contributed by atoms with E-state index in [0.717, 1.165) is 25.4 Å². The van der Waals surface area contributed by atoms with Crippen LogP contribution >= 0.6 is 0 Å². The molecule has 0 spiro atoms. The Balaban J connectivity index is 2.69. The molecule has 1 N–H and O–H groups in total. The Morgan fingerprint density at radius 1 is 1.22 bits per heavy atom. The molecule has 1 aromatic rings. The molecule has 0 saturated heterocycles. The van der Waals surface area contributed by atoms with Gasteiger partial charge in [-0.05, 0) is 44.3 Å². The minimum Gasteiger partial charge on any atom is -0.497 e. The van der Waals surface area contributed by atoms with Crippen molar-refractivity contribution in [1.82, 2.24) is 10.2 Å². The van der Waals surface area contributed by atoms with Crippen molar-refractivity contribution >= 4 is 0 Å². The first-order valence-electron chi connectivity index (χ1n) is 6.77. The van der Waals surface area contributed by atoms with E-state index in [1.807, 2.05) is 12.1 Å². The molecule has 0 aliphatic heterocycles. The highest BCUT2D eigenvalue weighted by atomic mass is 16.5. The van der Waals surface area contributed by atoms with Crippen LogP contribution < -0.4 is 10.1 Å². The molecule has 0 aromatic heterocycles. The zero-order valence-corrected chi connectivity index (χ0v) is 12.1. The lowest BCUT2D eigenvalue weighted by molar-refractivity contribution is 0.292. The minimum atomic E-state index is 0.387. The number of benzene rings is 1. The van der Waals surface area contributed by atoms with Crippen molar-refractivity contribution in [2.75, 3.05) is 33.8 Å². The van der Waals surface area contributed by atoms with Crippen molar-refractivity contribution < 1.29 is 4.74 Å². The molecule has 0 amide bonds. The Morgan fingerprint density at radius 2 is 1.89 bits per heavy atom. The number of likely N-dealkylation sites (N-methyl/N-ethyl adjacent to an activating group) is 2. The van der Waals surface area contributed by atoms with Crippen LogP contribution in [0.25, 0.3) is 0 Å². The van der Waals surface area contributed by atoms with Gasteiger partial charge in [-0.3, -0.25) is 0 Å². The molecule has 0 aliphatic carbocycles. The van der Waals surface area contributed by atoms with Crippen molar-refractivity contribution in [3.05, 3.63) is 29.8 Å². The van der Waals surface area contributed by atoms with Crippen LogP contribution in [0, 0.1) is 0 Å². The molecule has 3 nitrogen and oxygen atoms in total. The van der Waals surface area contributed by atoms with Gasteiger partial charge in [0.2, 0.25) is 0 Å². The van der Waals surface area contributed by atoms with E-state index in [-0.39, 0.29) is 0 Å². The van der Waals surface area contributed by atoms with Crippen LogP contribution in [0.3, 0.4) is 0 Å². The molecule has 0 bridgehead atoms. The highest BCUT2D eigenvalue weighted by Crippen LogP contribution is 2.18. The van der Waals surface area contributed by atoms with Gasteiger partial charge in [-0.2, -0.15) is 0 Å². The van der Waals surface area contributed by atoms with Crippen LogP contribution in [0.4, 0.5) is 0 Å². The van der Waals surface area contributed by atoms with Crippen LogP contribution in [0.5, 0.6) is 5.75 Å². The summed E-state index contributed by atoms with van der Waals surface area (Å²) in [6.45, 7) is 7.52. The molecular formula is C15H26N2O. The maximum Gasteiger partial charge on any atom is 0.118 e. The van der Waals surface area contributed by atoms with Gasteiger partial charge in [0.15, 0.2) is 0 Å². The smallest absolute Gasteiger partial charge is 0.118 e. The first-order valence-corrected chi connectivity index (χ1v) is 6.77. The lowest BCUT2D eigenvalue weighted by Gasteiger charge is -2.25. The molecular weight excluding hydrogens is 224 g/mol. The van der Waals surface area contributed by atoms with Gasteiger partial charge in [0.1, 0.15) is 5.75 Å². The van der Waals surface area contributed by atoms with Crippen molar-refractivity contribution in [2.24, 2.45) is 0 Å². The molecule has 102 valence electrons. The highest BCUT2D eigenvalue weighted by Gasteiger charge is 2.12. The summed E-state index contributed by atoms with van der Waals surface area (Å²) < 4.78 is 5.20. The average Bonchev–Trinajstić information content (AvgIpc) is 2.39. The molecule has 0 radical (unpaired) electrons. The van der Waals surface area contributed by atoms with E-state index in [1.165, 1.54) is 12.0 Å². The SMILES string of the molecule is CCCN(C)CC(NCC)c1ccc(OC)cc1. The summed E-state index contributed by atoms with van der Waals surface area (Å²) in [4.78, 5) is 2.37. The molecule has 0 aliphatic rings. The Hall–Kier alpha value is -1.06. The maximum atomic E-state index is 5.20. The van der Waals surface area contributed by atoms with Gasteiger partial charge in [-0.25, -0.2) is 0 Å². The fourth-order valence-corrected chi connectivity index (χ4v) is 2.16. The molecule has 18 heavy (non-hydrogen) atoms. The van der Waals surface area contributed by atoms with E-state index >= 15 is 0 Å². The van der Waals surface area contributed by atoms with Crippen molar-refractivity contribution in [3.8, 4) is 5.75 Å². The number of hydrogen-bond acceptors (Lipinski definition) is 3. The quantitative estimate of drug-likeness (QED) is 0.767. The molecule has 1 unspecified atom stereocenters. The molecule has 0 saturated carbocycles. The minimum absolute atomic E-state index is 0.387. The monoisotopic (exact) mass is 250 g/mol. The Bertz CT molecular complexity index is 324. The van der Waals surface area contributed by atoms with Gasteiger partial charge < -0.3 is 15.0 Å². The van der Waals surface area contributed by atoms with Crippen LogP contribution in [-0.2, 0) is 0 Å². The Kier molecular flexibility index (Phi) is 6.76. The highest BCUT2D eigenvalue weighted by molar-refractivity contribution is 5.29. The normalized spacial score (nSPS) is 12.7. The van der Waals surface area contributed by atoms with E-state index in [4.69, 9.17) is 4.74 Å². The predicted octanol–water partition coefficient (Wildman–Crippen LogP) is 2.69. The van der Waals surface area contributed by atoms with Crippen LogP contribution in [0.2, 0.25) is 0 Å². The molecule has 0 fully saturated rings. The predicted molar refractivity (Wildman–Crippen MR) is 77.2 cm³/mol. The fourth-order valence-electron chi connectivity index (χ4n) is 2.16. The van der Waals surface area contributed by atoms with Crippen LogP contribution in [-0.4, -0.2) is 38.7 Å². The van der Waals surface area contributed by atoms with E-state index in [0.29, 0.717) is 6.04 Å². The van der Waals surface area contributed by atoms with Crippen LogP contribution in [0.15, 0.2) is 24.3 Å².